The minimum Gasteiger partial charge on any atom is -0.508 e. The van der Waals surface area contributed by atoms with Gasteiger partial charge in [0.1, 0.15) is 48.5 Å². The quantitative estimate of drug-likeness (QED) is 0.0255. The minimum absolute atomic E-state index is 0.0179. The van der Waals surface area contributed by atoms with Crippen LogP contribution in [0.5, 0.6) is 5.75 Å². The zero-order chi connectivity index (χ0) is 50.0. The number of nitrogens with two attached hydrogens (primary N) is 2. The Hall–Kier alpha value is -7.38. The van der Waals surface area contributed by atoms with Crippen molar-refractivity contribution in [2.24, 2.45) is 22.4 Å². The summed E-state index contributed by atoms with van der Waals surface area (Å²) in [5.74, 6) is -9.94. The summed E-state index contributed by atoms with van der Waals surface area (Å²) in [4.78, 5) is 137. The summed E-state index contributed by atoms with van der Waals surface area (Å²) < 4.78 is 14.3. The second-order valence-corrected chi connectivity index (χ2v) is 16.0. The van der Waals surface area contributed by atoms with Crippen molar-refractivity contribution in [2.75, 3.05) is 26.2 Å². The number of aliphatic carboxylic acids is 1. The van der Waals surface area contributed by atoms with Crippen LogP contribution in [0.15, 0.2) is 45.0 Å². The van der Waals surface area contributed by atoms with Crippen molar-refractivity contribution in [1.82, 2.24) is 46.4 Å². The van der Waals surface area contributed by atoms with E-state index in [9.17, 15) is 67.7 Å². The molecule has 25 nitrogen and oxygen atoms in total. The molecule has 2 aromatic rings. The first-order valence-electron chi connectivity index (χ1n) is 21.4. The largest absolute Gasteiger partial charge is 0.508 e. The number of aromatic nitrogens is 2. The van der Waals surface area contributed by atoms with Crippen LogP contribution in [0, 0.1) is 11.7 Å². The molecule has 1 aliphatic rings. The number of phenolic OH excluding ortho intramolecular Hbond substituents is 1. The fraction of sp³-hybridized carbons (Fsp3) is 0.537. The Labute approximate surface area is 382 Å². The molecule has 1 saturated heterocycles. The zero-order valence-electron chi connectivity index (χ0n) is 37.2. The first-order chi connectivity index (χ1) is 31.6. The van der Waals surface area contributed by atoms with Crippen molar-refractivity contribution in [2.45, 2.75) is 109 Å². The molecule has 0 saturated carbocycles. The number of phenols is 1. The van der Waals surface area contributed by atoms with Gasteiger partial charge in [0.05, 0.1) is 19.2 Å². The number of carbonyl (C=O) groups is 8. The van der Waals surface area contributed by atoms with E-state index in [4.69, 9.17) is 11.5 Å². The average Bonchev–Trinajstić information content (AvgIpc) is 3.75. The summed E-state index contributed by atoms with van der Waals surface area (Å²) in [5.41, 5.74) is 8.72. The van der Waals surface area contributed by atoms with Crippen LogP contribution in [-0.4, -0.2) is 146 Å². The molecular weight excluding hydrogens is 888 g/mol. The Morgan fingerprint density at radius 2 is 1.48 bits per heavy atom. The molecule has 14 N–H and O–H groups in total. The number of H-pyrrole nitrogens is 1. The van der Waals surface area contributed by atoms with Gasteiger partial charge in [0.25, 0.3) is 5.56 Å². The highest BCUT2D eigenvalue weighted by Crippen LogP contribution is 2.20. The Morgan fingerprint density at radius 1 is 0.881 bits per heavy atom. The third kappa shape index (κ3) is 17.2. The molecule has 1 aromatic carbocycles. The molecular formula is C41H59FN12O13. The van der Waals surface area contributed by atoms with E-state index >= 15 is 0 Å². The summed E-state index contributed by atoms with van der Waals surface area (Å²) >= 11 is 0. The highest BCUT2D eigenvalue weighted by molar-refractivity contribution is 5.98. The van der Waals surface area contributed by atoms with Crippen molar-refractivity contribution in [3.8, 4) is 5.75 Å². The SMILES string of the molecule is CCNC(=O)[C@@H]1CCCN1C(=O)[C@H](CCCN=C(N)N)NC(=O)[C@H](CC(C)C)NC(=O)[C@@H](CC(=O)O)NC(=O)[C@H](Cc1ccc(O)cc1)NC(=O)[C@H](CO)NC(=O)Cn1cc(F)c(=O)[nH]c1=O. The van der Waals surface area contributed by atoms with E-state index in [0.29, 0.717) is 35.7 Å². The highest BCUT2D eigenvalue weighted by atomic mass is 19.1. The molecule has 1 fully saturated rings. The van der Waals surface area contributed by atoms with Crippen LogP contribution in [-0.2, 0) is 51.3 Å². The van der Waals surface area contributed by atoms with E-state index in [0.717, 1.165) is 0 Å². The maximum atomic E-state index is 14.0. The van der Waals surface area contributed by atoms with Crippen molar-refractivity contribution in [1.29, 1.82) is 0 Å². The Morgan fingerprint density at radius 3 is 2.09 bits per heavy atom. The van der Waals surface area contributed by atoms with Gasteiger partial charge in [-0.25, -0.2) is 4.79 Å². The van der Waals surface area contributed by atoms with E-state index in [1.807, 2.05) is 0 Å². The number of guanidine groups is 1. The van der Waals surface area contributed by atoms with Gasteiger partial charge in [0.2, 0.25) is 47.2 Å². The molecule has 0 radical (unpaired) electrons. The van der Waals surface area contributed by atoms with E-state index in [1.165, 1.54) is 29.2 Å². The molecule has 0 bridgehead atoms. The van der Waals surface area contributed by atoms with Gasteiger partial charge in [-0.3, -0.25) is 57.7 Å². The van der Waals surface area contributed by atoms with Crippen LogP contribution in [0.25, 0.3) is 0 Å². The molecule has 26 heteroatoms. The summed E-state index contributed by atoms with van der Waals surface area (Å²) in [6.07, 6.45) is 0.159. The molecule has 0 aliphatic carbocycles. The molecule has 7 amide bonds. The fourth-order valence-corrected chi connectivity index (χ4v) is 7.00. The van der Waals surface area contributed by atoms with Gasteiger partial charge in [-0.05, 0) is 62.6 Å². The highest BCUT2D eigenvalue weighted by Gasteiger charge is 2.39. The van der Waals surface area contributed by atoms with Crippen LogP contribution in [0.1, 0.15) is 64.9 Å². The smallest absolute Gasteiger partial charge is 0.328 e. The number of aromatic amines is 1. The summed E-state index contributed by atoms with van der Waals surface area (Å²) in [7, 11) is 0. The van der Waals surface area contributed by atoms with Crippen molar-refractivity contribution in [3.05, 3.63) is 62.7 Å². The summed E-state index contributed by atoms with van der Waals surface area (Å²) in [5, 5.41) is 44.2. The Kier molecular flexibility index (Phi) is 20.9. The number of hydrogen-bond donors (Lipinski definition) is 12. The predicted molar refractivity (Wildman–Crippen MR) is 235 cm³/mol. The first kappa shape index (κ1) is 54.0. The molecule has 6 atom stereocenters. The summed E-state index contributed by atoms with van der Waals surface area (Å²) in [6.45, 7) is 3.85. The number of carbonyl (C=O) groups excluding carboxylic acids is 7. The lowest BCUT2D eigenvalue weighted by atomic mass is 10.0. The second kappa shape index (κ2) is 25.9. The number of aliphatic imine (C=N–C) groups is 1. The predicted octanol–water partition coefficient (Wildman–Crippen LogP) is -4.26. The topological polar surface area (TPSA) is 392 Å². The van der Waals surface area contributed by atoms with Gasteiger partial charge in [-0.2, -0.15) is 4.39 Å². The number of hydrogen-bond acceptors (Lipinski definition) is 13. The number of likely N-dealkylation sites (N-methyl/N-ethyl adjacent to an activating group) is 1. The number of nitrogens with zero attached hydrogens (tertiary/aromatic N) is 3. The van der Waals surface area contributed by atoms with Crippen LogP contribution < -0.4 is 54.6 Å². The molecule has 0 spiro atoms. The molecule has 67 heavy (non-hydrogen) atoms. The van der Waals surface area contributed by atoms with Crippen LogP contribution >= 0.6 is 0 Å². The van der Waals surface area contributed by atoms with Crippen molar-refractivity contribution < 1.29 is 58.1 Å². The summed E-state index contributed by atoms with van der Waals surface area (Å²) in [6, 6.07) is -3.49. The number of rotatable bonds is 25. The first-order valence-corrected chi connectivity index (χ1v) is 21.4. The fourth-order valence-electron chi connectivity index (χ4n) is 7.00. The number of amides is 7. The van der Waals surface area contributed by atoms with Gasteiger partial charge in [-0.1, -0.05) is 26.0 Å². The number of aromatic hydroxyl groups is 1. The lowest BCUT2D eigenvalue weighted by Gasteiger charge is -2.30. The third-order valence-corrected chi connectivity index (χ3v) is 10.2. The number of aliphatic hydroxyl groups excluding tert-OH is 1. The van der Waals surface area contributed by atoms with Gasteiger partial charge in [-0.15, -0.1) is 0 Å². The van der Waals surface area contributed by atoms with Crippen LogP contribution in [0.4, 0.5) is 4.39 Å². The lowest BCUT2D eigenvalue weighted by Crippen LogP contribution is -2.60. The van der Waals surface area contributed by atoms with Gasteiger partial charge < -0.3 is 63.6 Å². The average molecular weight is 947 g/mol. The van der Waals surface area contributed by atoms with Gasteiger partial charge >= 0.3 is 11.7 Å². The second-order valence-electron chi connectivity index (χ2n) is 16.0. The number of likely N-dealkylation sites (tertiary alicyclic amines) is 1. The molecule has 1 aliphatic heterocycles. The normalized spacial score (nSPS) is 15.5. The molecule has 368 valence electrons. The number of carboxylic acid groups (broad SMARTS) is 1. The maximum Gasteiger partial charge on any atom is 0.328 e. The lowest BCUT2D eigenvalue weighted by molar-refractivity contribution is -0.142. The van der Waals surface area contributed by atoms with Crippen molar-refractivity contribution in [3.63, 3.8) is 0 Å². The maximum absolute atomic E-state index is 14.0. The van der Waals surface area contributed by atoms with E-state index in [1.54, 1.807) is 25.8 Å². The van der Waals surface area contributed by atoms with Crippen LogP contribution in [0.3, 0.4) is 0 Å². The van der Waals surface area contributed by atoms with Gasteiger partial charge in [0, 0.05) is 26.1 Å². The Bertz CT molecular complexity index is 2250. The monoisotopic (exact) mass is 946 g/mol. The van der Waals surface area contributed by atoms with Gasteiger partial charge in [0.15, 0.2) is 5.96 Å². The molecule has 0 unspecified atom stereocenters. The number of benzene rings is 1. The van der Waals surface area contributed by atoms with Crippen molar-refractivity contribution >= 4 is 53.3 Å². The molecule has 2 heterocycles. The zero-order valence-corrected chi connectivity index (χ0v) is 37.2. The number of aliphatic hydroxyl groups is 1. The molecule has 3 rings (SSSR count). The number of halogens is 1. The minimum atomic E-state index is -1.89. The molecule has 1 aromatic heterocycles. The van der Waals surface area contributed by atoms with Crippen LogP contribution in [0.2, 0.25) is 0 Å². The van der Waals surface area contributed by atoms with E-state index < -0.39 is 114 Å². The Balaban J connectivity index is 1.87. The number of nitrogens with one attached hydrogen (secondary N) is 7. The van der Waals surface area contributed by atoms with E-state index in [2.05, 4.69) is 36.9 Å². The van der Waals surface area contributed by atoms with E-state index in [-0.39, 0.29) is 62.3 Å². The number of carboxylic acids is 1. The third-order valence-electron chi connectivity index (χ3n) is 10.2. The standard InChI is InChI=1S/C41H59FN12O13/c1-4-45-38(65)30-8-6-14-54(30)39(66)25(7-5-13-46-40(43)44)48-34(61)26(15-21(2)3)49-36(63)28(17-32(58)59)51-35(62)27(16-22-9-11-23(56)12-10-22)50-37(64)29(20-55)47-31(57)19-53-18-24(42)33(60)52-41(53)67/h9-12,18,21,25-30,55-56H,4-8,13-17,19-20H2,1-3H3,(H,45,65)(H,47,57)(H,48,61)(H,49,63)(H,50,64)(H,51,62)(H,58,59)(H4,43,44,46)(H,52,60,67)/t25-,26-,27-,28+,29-,30-/m0/s1.